The van der Waals surface area contributed by atoms with Gasteiger partial charge in [0.25, 0.3) is 0 Å². The van der Waals surface area contributed by atoms with E-state index in [0.29, 0.717) is 25.3 Å². The first-order chi connectivity index (χ1) is 7.49. The predicted molar refractivity (Wildman–Crippen MR) is 62.6 cm³/mol. The molecule has 0 aromatic heterocycles. The molecule has 0 rings (SSSR count). The van der Waals surface area contributed by atoms with Crippen LogP contribution in [-0.2, 0) is 14.3 Å². The molecule has 92 valence electrons. The van der Waals surface area contributed by atoms with Crippen LogP contribution in [0.15, 0.2) is 12.3 Å². The first-order valence-electron chi connectivity index (χ1n) is 5.62. The molecule has 0 N–H and O–H groups in total. The summed E-state index contributed by atoms with van der Waals surface area (Å²) in [6, 6.07) is 0. The van der Waals surface area contributed by atoms with E-state index in [4.69, 9.17) is 4.74 Å². The molecule has 0 fully saturated rings. The van der Waals surface area contributed by atoms with Gasteiger partial charge in [0.2, 0.25) is 5.91 Å². The van der Waals surface area contributed by atoms with Crippen molar-refractivity contribution in [3.8, 4) is 0 Å². The summed E-state index contributed by atoms with van der Waals surface area (Å²) < 4.78 is 4.95. The van der Waals surface area contributed by atoms with E-state index in [0.717, 1.165) is 0 Å². The van der Waals surface area contributed by atoms with Gasteiger partial charge >= 0.3 is 5.97 Å². The minimum Gasteiger partial charge on any atom is -0.465 e. The van der Waals surface area contributed by atoms with Crippen LogP contribution < -0.4 is 0 Å². The Morgan fingerprint density at radius 2 is 1.88 bits per heavy atom. The Labute approximate surface area is 97.3 Å². The Hall–Kier alpha value is -1.32. The van der Waals surface area contributed by atoms with Gasteiger partial charge in [-0.2, -0.15) is 0 Å². The maximum atomic E-state index is 11.6. The van der Waals surface area contributed by atoms with Crippen molar-refractivity contribution < 1.29 is 14.3 Å². The number of esters is 1. The van der Waals surface area contributed by atoms with Crippen LogP contribution in [-0.4, -0.2) is 29.9 Å². The molecule has 1 atom stereocenters. The Morgan fingerprint density at radius 3 is 2.19 bits per heavy atom. The highest BCUT2D eigenvalue weighted by atomic mass is 16.5. The lowest BCUT2D eigenvalue weighted by Gasteiger charge is -2.26. The number of ether oxygens (including phenoxy) is 1. The SMILES string of the molecule is C=C(C(CC)C(=O)OCC)N(CC)C(C)=O. The van der Waals surface area contributed by atoms with Crippen molar-refractivity contribution in [3.05, 3.63) is 12.3 Å². The summed E-state index contributed by atoms with van der Waals surface area (Å²) in [5.74, 6) is -0.839. The number of hydrogen-bond acceptors (Lipinski definition) is 3. The zero-order valence-electron chi connectivity index (χ0n) is 10.6. The van der Waals surface area contributed by atoms with Crippen LogP contribution >= 0.6 is 0 Å². The minimum absolute atomic E-state index is 0.102. The average Bonchev–Trinajstić information content (AvgIpc) is 2.19. The van der Waals surface area contributed by atoms with Gasteiger partial charge in [-0.15, -0.1) is 0 Å². The van der Waals surface area contributed by atoms with Crippen molar-refractivity contribution in [1.29, 1.82) is 0 Å². The third-order valence-electron chi connectivity index (χ3n) is 2.42. The maximum absolute atomic E-state index is 11.6. The molecule has 0 bridgehead atoms. The minimum atomic E-state index is -0.427. The summed E-state index contributed by atoms with van der Waals surface area (Å²) in [6.45, 7) is 11.6. The molecule has 4 nitrogen and oxygen atoms in total. The summed E-state index contributed by atoms with van der Waals surface area (Å²) in [7, 11) is 0. The second kappa shape index (κ2) is 7.04. The van der Waals surface area contributed by atoms with Crippen LogP contribution in [0.5, 0.6) is 0 Å². The Kier molecular flexibility index (Phi) is 6.46. The molecule has 16 heavy (non-hydrogen) atoms. The summed E-state index contributed by atoms with van der Waals surface area (Å²) in [5, 5.41) is 0. The van der Waals surface area contributed by atoms with E-state index >= 15 is 0 Å². The van der Waals surface area contributed by atoms with E-state index in [-0.39, 0.29) is 11.9 Å². The highest BCUT2D eigenvalue weighted by Gasteiger charge is 2.25. The van der Waals surface area contributed by atoms with Crippen LogP contribution in [0.2, 0.25) is 0 Å². The van der Waals surface area contributed by atoms with Crippen molar-refractivity contribution in [1.82, 2.24) is 4.90 Å². The quantitative estimate of drug-likeness (QED) is 0.652. The maximum Gasteiger partial charge on any atom is 0.314 e. The van der Waals surface area contributed by atoms with Gasteiger partial charge in [0.1, 0.15) is 0 Å². The molecule has 0 aromatic rings. The van der Waals surface area contributed by atoms with Gasteiger partial charge in [-0.3, -0.25) is 9.59 Å². The molecule has 0 saturated heterocycles. The van der Waals surface area contributed by atoms with Gasteiger partial charge in [0.15, 0.2) is 0 Å². The summed E-state index contributed by atoms with van der Waals surface area (Å²) in [5.41, 5.74) is 0.524. The highest BCUT2D eigenvalue weighted by molar-refractivity contribution is 5.80. The molecule has 4 heteroatoms. The van der Waals surface area contributed by atoms with E-state index < -0.39 is 5.92 Å². The first-order valence-corrected chi connectivity index (χ1v) is 5.62. The smallest absolute Gasteiger partial charge is 0.314 e. The molecule has 0 aliphatic carbocycles. The lowest BCUT2D eigenvalue weighted by Crippen LogP contribution is -2.34. The number of hydrogen-bond donors (Lipinski definition) is 0. The third-order valence-corrected chi connectivity index (χ3v) is 2.42. The first kappa shape index (κ1) is 14.7. The number of carbonyl (C=O) groups is 2. The average molecular weight is 227 g/mol. The molecule has 0 saturated carbocycles. The van der Waals surface area contributed by atoms with Gasteiger partial charge < -0.3 is 9.64 Å². The molecular formula is C12H21NO3. The van der Waals surface area contributed by atoms with Crippen molar-refractivity contribution in [2.24, 2.45) is 5.92 Å². The van der Waals surface area contributed by atoms with E-state index in [9.17, 15) is 9.59 Å². The number of carbonyl (C=O) groups excluding carboxylic acids is 2. The monoisotopic (exact) mass is 227 g/mol. The molecule has 0 spiro atoms. The predicted octanol–water partition coefficient (Wildman–Crippen LogP) is 1.96. The largest absolute Gasteiger partial charge is 0.465 e. The van der Waals surface area contributed by atoms with Gasteiger partial charge in [0, 0.05) is 19.2 Å². The summed E-state index contributed by atoms with van der Waals surface area (Å²) in [4.78, 5) is 24.5. The van der Waals surface area contributed by atoms with Crippen molar-refractivity contribution >= 4 is 11.9 Å². The molecule has 0 aliphatic heterocycles. The Morgan fingerprint density at radius 1 is 1.31 bits per heavy atom. The molecule has 1 unspecified atom stereocenters. The third kappa shape index (κ3) is 3.68. The van der Waals surface area contributed by atoms with Gasteiger partial charge in [-0.1, -0.05) is 13.5 Å². The second-order valence-electron chi connectivity index (χ2n) is 3.47. The van der Waals surface area contributed by atoms with Crippen LogP contribution in [0.1, 0.15) is 34.1 Å². The molecule has 0 aromatic carbocycles. The summed E-state index contributed by atoms with van der Waals surface area (Å²) >= 11 is 0. The zero-order chi connectivity index (χ0) is 12.7. The van der Waals surface area contributed by atoms with E-state index in [2.05, 4.69) is 6.58 Å². The highest BCUT2D eigenvalue weighted by Crippen LogP contribution is 2.19. The second-order valence-corrected chi connectivity index (χ2v) is 3.47. The van der Waals surface area contributed by atoms with Crippen molar-refractivity contribution in [2.75, 3.05) is 13.2 Å². The zero-order valence-corrected chi connectivity index (χ0v) is 10.6. The fraction of sp³-hybridized carbons (Fsp3) is 0.667. The van der Waals surface area contributed by atoms with Crippen LogP contribution in [0, 0.1) is 5.92 Å². The normalized spacial score (nSPS) is 11.8. The van der Waals surface area contributed by atoms with E-state index in [1.54, 1.807) is 6.92 Å². The lowest BCUT2D eigenvalue weighted by molar-refractivity contribution is -0.147. The number of rotatable bonds is 6. The van der Waals surface area contributed by atoms with E-state index in [1.165, 1.54) is 11.8 Å². The van der Waals surface area contributed by atoms with Crippen molar-refractivity contribution in [3.63, 3.8) is 0 Å². The van der Waals surface area contributed by atoms with Gasteiger partial charge in [-0.05, 0) is 20.3 Å². The number of amides is 1. The molecule has 1 amide bonds. The molecule has 0 radical (unpaired) electrons. The fourth-order valence-corrected chi connectivity index (χ4v) is 1.60. The molecular weight excluding hydrogens is 206 g/mol. The molecule has 0 aliphatic rings. The van der Waals surface area contributed by atoms with Crippen LogP contribution in [0.3, 0.4) is 0 Å². The molecule has 0 heterocycles. The summed E-state index contributed by atoms with van der Waals surface area (Å²) in [6.07, 6.45) is 0.585. The van der Waals surface area contributed by atoms with Crippen LogP contribution in [0.4, 0.5) is 0 Å². The van der Waals surface area contributed by atoms with Gasteiger partial charge in [0.05, 0.1) is 12.5 Å². The standard InChI is InChI=1S/C12H21NO3/c1-6-11(12(15)16-8-3)9(4)13(7-2)10(5)14/h11H,4,6-8H2,1-3,5H3. The topological polar surface area (TPSA) is 46.6 Å². The number of nitrogens with zero attached hydrogens (tertiary/aromatic N) is 1. The van der Waals surface area contributed by atoms with Crippen molar-refractivity contribution in [2.45, 2.75) is 34.1 Å². The Balaban J connectivity index is 4.75. The lowest BCUT2D eigenvalue weighted by atomic mass is 10.0. The van der Waals surface area contributed by atoms with Crippen LogP contribution in [0.25, 0.3) is 0 Å². The van der Waals surface area contributed by atoms with Gasteiger partial charge in [-0.25, -0.2) is 0 Å². The van der Waals surface area contributed by atoms with E-state index in [1.807, 2.05) is 13.8 Å². The fourth-order valence-electron chi connectivity index (χ4n) is 1.60. The Bertz CT molecular complexity index is 273.